The first-order chi connectivity index (χ1) is 9.60. The zero-order chi connectivity index (χ0) is 15.0. The highest BCUT2D eigenvalue weighted by atomic mass is 79.9. The Labute approximate surface area is 136 Å². The van der Waals surface area contributed by atoms with Crippen molar-refractivity contribution in [2.45, 2.75) is 31.8 Å². The summed E-state index contributed by atoms with van der Waals surface area (Å²) in [6, 6.07) is 9.54. The molecule has 0 radical (unpaired) electrons. The summed E-state index contributed by atoms with van der Waals surface area (Å²) in [5.41, 5.74) is 1.35. The summed E-state index contributed by atoms with van der Waals surface area (Å²) in [4.78, 5) is 2.47. The van der Waals surface area contributed by atoms with E-state index in [1.165, 1.54) is 22.2 Å². The second-order valence-corrected chi connectivity index (χ2v) is 7.10. The van der Waals surface area contributed by atoms with Gasteiger partial charge in [0.2, 0.25) is 0 Å². The van der Waals surface area contributed by atoms with Crippen LogP contribution < -0.4 is 5.32 Å². The largest absolute Gasteiger partial charge is 0.313 e. The zero-order valence-corrected chi connectivity index (χ0v) is 15.4. The van der Waals surface area contributed by atoms with Crippen LogP contribution in [-0.2, 0) is 0 Å². The maximum atomic E-state index is 3.65. The average molecular weight is 359 g/mol. The topological polar surface area (TPSA) is 15.3 Å². The molecule has 0 spiro atoms. The van der Waals surface area contributed by atoms with Crippen molar-refractivity contribution in [1.82, 2.24) is 10.2 Å². The fourth-order valence-electron chi connectivity index (χ4n) is 2.27. The van der Waals surface area contributed by atoms with Gasteiger partial charge in [0.1, 0.15) is 0 Å². The SMILES string of the molecule is CNC(CCN(C)C(C)CCSC)c1ccccc1Br. The number of hydrogen-bond acceptors (Lipinski definition) is 3. The molecular weight excluding hydrogens is 332 g/mol. The molecule has 0 aliphatic rings. The summed E-state index contributed by atoms with van der Waals surface area (Å²) in [5, 5.41) is 3.44. The van der Waals surface area contributed by atoms with Crippen LogP contribution in [0, 0.1) is 0 Å². The fraction of sp³-hybridized carbons (Fsp3) is 0.625. The van der Waals surface area contributed by atoms with E-state index in [9.17, 15) is 0 Å². The number of rotatable bonds is 9. The summed E-state index contributed by atoms with van der Waals surface area (Å²) < 4.78 is 1.19. The number of benzene rings is 1. The molecule has 0 heterocycles. The van der Waals surface area contributed by atoms with Crippen LogP contribution >= 0.6 is 27.7 Å². The van der Waals surface area contributed by atoms with Crippen LogP contribution in [0.15, 0.2) is 28.7 Å². The van der Waals surface area contributed by atoms with Gasteiger partial charge in [0, 0.05) is 16.6 Å². The number of thioether (sulfide) groups is 1. The Morgan fingerprint density at radius 2 is 2.00 bits per heavy atom. The van der Waals surface area contributed by atoms with Gasteiger partial charge in [-0.25, -0.2) is 0 Å². The van der Waals surface area contributed by atoms with Crippen LogP contribution in [0.5, 0.6) is 0 Å². The van der Waals surface area contributed by atoms with Gasteiger partial charge in [-0.05, 0) is 64.0 Å². The Balaban J connectivity index is 2.51. The fourth-order valence-corrected chi connectivity index (χ4v) is 3.41. The van der Waals surface area contributed by atoms with E-state index in [1.54, 1.807) is 0 Å². The Bertz CT molecular complexity index is 386. The summed E-state index contributed by atoms with van der Waals surface area (Å²) >= 11 is 5.58. The molecule has 1 N–H and O–H groups in total. The van der Waals surface area contributed by atoms with Gasteiger partial charge in [-0.2, -0.15) is 11.8 Å². The lowest BCUT2D eigenvalue weighted by Gasteiger charge is -2.27. The lowest BCUT2D eigenvalue weighted by molar-refractivity contribution is 0.240. The molecule has 2 unspecified atom stereocenters. The molecule has 4 heteroatoms. The second-order valence-electron chi connectivity index (χ2n) is 5.26. The van der Waals surface area contributed by atoms with E-state index in [-0.39, 0.29) is 0 Å². The normalized spacial score (nSPS) is 14.5. The molecule has 1 aromatic carbocycles. The van der Waals surface area contributed by atoms with Gasteiger partial charge in [-0.15, -0.1) is 0 Å². The highest BCUT2D eigenvalue weighted by molar-refractivity contribution is 9.10. The van der Waals surface area contributed by atoms with Gasteiger partial charge in [0.15, 0.2) is 0 Å². The van der Waals surface area contributed by atoms with Crippen molar-refractivity contribution in [2.24, 2.45) is 0 Å². The Kier molecular flexibility index (Phi) is 8.85. The van der Waals surface area contributed by atoms with Gasteiger partial charge in [-0.3, -0.25) is 0 Å². The molecule has 0 aliphatic heterocycles. The molecule has 0 aromatic heterocycles. The summed E-state index contributed by atoms with van der Waals surface area (Å²) in [6.07, 6.45) is 4.56. The predicted molar refractivity (Wildman–Crippen MR) is 95.7 cm³/mol. The molecule has 2 nitrogen and oxygen atoms in total. The van der Waals surface area contributed by atoms with Gasteiger partial charge in [0.25, 0.3) is 0 Å². The van der Waals surface area contributed by atoms with E-state index in [2.05, 4.69) is 70.6 Å². The van der Waals surface area contributed by atoms with Crippen molar-refractivity contribution in [3.8, 4) is 0 Å². The summed E-state index contributed by atoms with van der Waals surface area (Å²) in [7, 11) is 4.28. The average Bonchev–Trinajstić information content (AvgIpc) is 2.46. The molecule has 0 bridgehead atoms. The maximum absolute atomic E-state index is 3.65. The molecule has 114 valence electrons. The first-order valence-electron chi connectivity index (χ1n) is 7.21. The predicted octanol–water partition coefficient (Wildman–Crippen LogP) is 4.17. The van der Waals surface area contributed by atoms with Crippen molar-refractivity contribution in [3.63, 3.8) is 0 Å². The van der Waals surface area contributed by atoms with Crippen molar-refractivity contribution in [3.05, 3.63) is 34.3 Å². The number of halogens is 1. The Hall–Kier alpha value is -0.0300. The van der Waals surface area contributed by atoms with Crippen LogP contribution in [0.25, 0.3) is 0 Å². The van der Waals surface area contributed by atoms with Crippen LogP contribution in [-0.4, -0.2) is 43.6 Å². The van der Waals surface area contributed by atoms with Crippen molar-refractivity contribution >= 4 is 27.7 Å². The minimum Gasteiger partial charge on any atom is -0.313 e. The minimum absolute atomic E-state index is 0.403. The number of nitrogens with one attached hydrogen (secondary N) is 1. The standard InChI is InChI=1S/C16H27BrN2S/c1-13(10-12-20-4)19(3)11-9-16(18-2)14-7-5-6-8-15(14)17/h5-8,13,16,18H,9-12H2,1-4H3. The highest BCUT2D eigenvalue weighted by Gasteiger charge is 2.15. The van der Waals surface area contributed by atoms with E-state index < -0.39 is 0 Å². The zero-order valence-electron chi connectivity index (χ0n) is 13.0. The molecule has 0 saturated heterocycles. The lowest BCUT2D eigenvalue weighted by Crippen LogP contribution is -2.32. The van der Waals surface area contributed by atoms with Crippen molar-refractivity contribution < 1.29 is 0 Å². The minimum atomic E-state index is 0.403. The molecule has 0 fully saturated rings. The monoisotopic (exact) mass is 358 g/mol. The van der Waals surface area contributed by atoms with E-state index >= 15 is 0 Å². The van der Waals surface area contributed by atoms with E-state index in [4.69, 9.17) is 0 Å². The third-order valence-corrected chi connectivity index (χ3v) is 5.26. The van der Waals surface area contributed by atoms with Crippen LogP contribution in [0.2, 0.25) is 0 Å². The highest BCUT2D eigenvalue weighted by Crippen LogP contribution is 2.25. The van der Waals surface area contributed by atoms with Gasteiger partial charge in [0.05, 0.1) is 0 Å². The molecule has 2 atom stereocenters. The van der Waals surface area contributed by atoms with Crippen molar-refractivity contribution in [1.29, 1.82) is 0 Å². The van der Waals surface area contributed by atoms with Crippen LogP contribution in [0.4, 0.5) is 0 Å². The maximum Gasteiger partial charge on any atom is 0.0340 e. The summed E-state index contributed by atoms with van der Waals surface area (Å²) in [5.74, 6) is 1.24. The molecule has 0 aliphatic carbocycles. The smallest absolute Gasteiger partial charge is 0.0340 e. The Morgan fingerprint density at radius 3 is 2.60 bits per heavy atom. The molecule has 20 heavy (non-hydrogen) atoms. The van der Waals surface area contributed by atoms with Crippen molar-refractivity contribution in [2.75, 3.05) is 32.6 Å². The second kappa shape index (κ2) is 9.82. The Morgan fingerprint density at radius 1 is 1.30 bits per heavy atom. The lowest BCUT2D eigenvalue weighted by atomic mass is 10.0. The van der Waals surface area contributed by atoms with Crippen LogP contribution in [0.1, 0.15) is 31.4 Å². The third-order valence-electron chi connectivity index (χ3n) is 3.89. The van der Waals surface area contributed by atoms with E-state index in [1.807, 2.05) is 18.8 Å². The first kappa shape index (κ1) is 18.0. The van der Waals surface area contributed by atoms with E-state index in [0.717, 1.165) is 13.0 Å². The van der Waals surface area contributed by atoms with Gasteiger partial charge >= 0.3 is 0 Å². The van der Waals surface area contributed by atoms with E-state index in [0.29, 0.717) is 12.1 Å². The molecule has 1 aromatic rings. The van der Waals surface area contributed by atoms with Crippen LogP contribution in [0.3, 0.4) is 0 Å². The molecular formula is C16H27BrN2S. The van der Waals surface area contributed by atoms with Gasteiger partial charge in [-0.1, -0.05) is 34.1 Å². The molecule has 0 saturated carbocycles. The van der Waals surface area contributed by atoms with Gasteiger partial charge < -0.3 is 10.2 Å². The third kappa shape index (κ3) is 5.76. The molecule has 0 amide bonds. The molecule has 1 rings (SSSR count). The quantitative estimate of drug-likeness (QED) is 0.712. The summed E-state index contributed by atoms with van der Waals surface area (Å²) in [6.45, 7) is 3.44. The first-order valence-corrected chi connectivity index (χ1v) is 9.39. The number of nitrogens with zero attached hydrogens (tertiary/aromatic N) is 1. The number of hydrogen-bond donors (Lipinski definition) is 1.